The van der Waals surface area contributed by atoms with Crippen LogP contribution in [0.1, 0.15) is 5.76 Å². The molecule has 1 amide bonds. The van der Waals surface area contributed by atoms with Crippen molar-refractivity contribution in [3.8, 4) is 17.4 Å². The molecule has 0 atom stereocenters. The van der Waals surface area contributed by atoms with Crippen molar-refractivity contribution in [3.63, 3.8) is 0 Å². The summed E-state index contributed by atoms with van der Waals surface area (Å²) in [5.41, 5.74) is 0.424. The number of hydrogen-bond donors (Lipinski definition) is 2. The summed E-state index contributed by atoms with van der Waals surface area (Å²) in [4.78, 5) is 24.0. The highest BCUT2D eigenvalue weighted by Crippen LogP contribution is 2.26. The third-order valence-electron chi connectivity index (χ3n) is 4.58. The Bertz CT molecular complexity index is 954. The molecule has 1 aromatic heterocycles. The van der Waals surface area contributed by atoms with E-state index in [9.17, 15) is 20.2 Å². The molecule has 9 heteroatoms. The van der Waals surface area contributed by atoms with Gasteiger partial charge in [-0.15, -0.1) is 0 Å². The average molecular weight is 397 g/mol. The molecule has 0 bridgehead atoms. The number of nitro benzene ring substituents is 1. The van der Waals surface area contributed by atoms with Crippen LogP contribution in [0, 0.1) is 21.4 Å². The fourth-order valence-electron chi connectivity index (χ4n) is 3.01. The standard InChI is InChI=1S/C20H20N4O5/c21-14-16(20(25)22-6-7-23-8-10-28-11-9-23)13-18-4-5-19(29-18)15-2-1-3-17(12-15)24(26)27/h1-5,12-13H,6-11H2,(H,22,25)/p+1/b16-13-. The van der Waals surface area contributed by atoms with E-state index < -0.39 is 10.8 Å². The van der Waals surface area contributed by atoms with Crippen LogP contribution >= 0.6 is 0 Å². The predicted octanol–water partition coefficient (Wildman–Crippen LogP) is 0.793. The van der Waals surface area contributed by atoms with Gasteiger partial charge in [0, 0.05) is 23.8 Å². The van der Waals surface area contributed by atoms with Crippen LogP contribution in [0.3, 0.4) is 0 Å². The molecule has 1 aromatic carbocycles. The van der Waals surface area contributed by atoms with E-state index in [0.717, 1.165) is 32.8 Å². The van der Waals surface area contributed by atoms with Crippen molar-refractivity contribution >= 4 is 17.7 Å². The van der Waals surface area contributed by atoms with Crippen molar-refractivity contribution in [2.24, 2.45) is 0 Å². The number of carbonyl (C=O) groups excluding carboxylic acids is 1. The topological polar surface area (TPSA) is 123 Å². The average Bonchev–Trinajstić information content (AvgIpc) is 3.21. The molecule has 9 nitrogen and oxygen atoms in total. The van der Waals surface area contributed by atoms with Crippen molar-refractivity contribution in [2.45, 2.75) is 0 Å². The Kier molecular flexibility index (Phi) is 6.73. The molecule has 2 heterocycles. The number of ether oxygens (including phenoxy) is 1. The minimum atomic E-state index is -0.482. The molecule has 29 heavy (non-hydrogen) atoms. The van der Waals surface area contributed by atoms with Crippen LogP contribution in [0.5, 0.6) is 0 Å². The maximum absolute atomic E-state index is 12.3. The number of nitro groups is 1. The van der Waals surface area contributed by atoms with Crippen molar-refractivity contribution in [3.05, 3.63) is 57.8 Å². The van der Waals surface area contributed by atoms with Crippen molar-refractivity contribution < 1.29 is 23.8 Å². The summed E-state index contributed by atoms with van der Waals surface area (Å²) in [6.45, 7) is 4.49. The third-order valence-corrected chi connectivity index (χ3v) is 4.58. The number of non-ortho nitro benzene ring substituents is 1. The lowest BCUT2D eigenvalue weighted by molar-refractivity contribution is -0.906. The van der Waals surface area contributed by atoms with Gasteiger partial charge in [0.15, 0.2) is 0 Å². The molecule has 1 aliphatic heterocycles. The fraction of sp³-hybridized carbons (Fsp3) is 0.300. The van der Waals surface area contributed by atoms with Crippen LogP contribution in [-0.2, 0) is 9.53 Å². The van der Waals surface area contributed by atoms with Crippen LogP contribution < -0.4 is 10.2 Å². The summed E-state index contributed by atoms with van der Waals surface area (Å²) >= 11 is 0. The second kappa shape index (κ2) is 9.64. The van der Waals surface area contributed by atoms with Gasteiger partial charge >= 0.3 is 0 Å². The third kappa shape index (κ3) is 5.51. The molecule has 1 fully saturated rings. The molecule has 1 aliphatic rings. The lowest BCUT2D eigenvalue weighted by Gasteiger charge is -2.23. The number of rotatable bonds is 7. The zero-order valence-corrected chi connectivity index (χ0v) is 15.7. The van der Waals surface area contributed by atoms with Gasteiger partial charge in [0.2, 0.25) is 0 Å². The van der Waals surface area contributed by atoms with E-state index in [2.05, 4.69) is 5.32 Å². The Hall–Kier alpha value is -3.48. The van der Waals surface area contributed by atoms with E-state index in [1.807, 2.05) is 6.07 Å². The summed E-state index contributed by atoms with van der Waals surface area (Å²) in [5.74, 6) is 0.263. The number of nitrogens with one attached hydrogen (secondary N) is 2. The highest BCUT2D eigenvalue weighted by molar-refractivity contribution is 6.01. The van der Waals surface area contributed by atoms with E-state index >= 15 is 0 Å². The molecule has 2 N–H and O–H groups in total. The number of furan rings is 1. The number of hydrogen-bond acceptors (Lipinski definition) is 6. The molecule has 3 rings (SSSR count). The first-order valence-corrected chi connectivity index (χ1v) is 9.23. The Morgan fingerprint density at radius 1 is 1.31 bits per heavy atom. The van der Waals surface area contributed by atoms with E-state index in [1.165, 1.54) is 23.1 Å². The minimum Gasteiger partial charge on any atom is -0.457 e. The zero-order chi connectivity index (χ0) is 20.6. The first kappa shape index (κ1) is 20.3. The molecule has 150 valence electrons. The van der Waals surface area contributed by atoms with E-state index in [0.29, 0.717) is 23.6 Å². The monoisotopic (exact) mass is 397 g/mol. The van der Waals surface area contributed by atoms with E-state index in [4.69, 9.17) is 9.15 Å². The molecule has 0 spiro atoms. The molecule has 0 aliphatic carbocycles. The Morgan fingerprint density at radius 3 is 2.83 bits per heavy atom. The maximum Gasteiger partial charge on any atom is 0.270 e. The van der Waals surface area contributed by atoms with Gasteiger partial charge in [0.1, 0.15) is 36.3 Å². The van der Waals surface area contributed by atoms with Gasteiger partial charge in [-0.1, -0.05) is 12.1 Å². The maximum atomic E-state index is 12.3. The van der Waals surface area contributed by atoms with Gasteiger partial charge in [-0.3, -0.25) is 14.9 Å². The predicted molar refractivity (Wildman–Crippen MR) is 104 cm³/mol. The number of nitriles is 1. The lowest BCUT2D eigenvalue weighted by Crippen LogP contribution is -3.14. The molecular formula is C20H21N4O5+. The highest BCUT2D eigenvalue weighted by atomic mass is 16.6. The van der Waals surface area contributed by atoms with Crippen molar-refractivity contribution in [1.29, 1.82) is 5.26 Å². The summed E-state index contributed by atoms with van der Waals surface area (Å²) in [5, 5.41) is 23.0. The zero-order valence-electron chi connectivity index (χ0n) is 15.7. The van der Waals surface area contributed by atoms with Gasteiger partial charge in [-0.25, -0.2) is 0 Å². The summed E-state index contributed by atoms with van der Waals surface area (Å²) < 4.78 is 10.9. The molecular weight excluding hydrogens is 376 g/mol. The Balaban J connectivity index is 1.63. The number of quaternary nitrogens is 1. The Morgan fingerprint density at radius 2 is 2.10 bits per heavy atom. The van der Waals surface area contributed by atoms with Gasteiger partial charge in [-0.2, -0.15) is 5.26 Å². The van der Waals surface area contributed by atoms with Crippen LogP contribution in [0.25, 0.3) is 17.4 Å². The molecule has 2 aromatic rings. The summed E-state index contributed by atoms with van der Waals surface area (Å²) in [6, 6.07) is 11.2. The number of amides is 1. The van der Waals surface area contributed by atoms with Crippen LogP contribution in [0.4, 0.5) is 5.69 Å². The second-order valence-electron chi connectivity index (χ2n) is 6.55. The molecule has 1 saturated heterocycles. The minimum absolute atomic E-state index is 0.0459. The van der Waals surface area contributed by atoms with Crippen LogP contribution in [0.2, 0.25) is 0 Å². The highest BCUT2D eigenvalue weighted by Gasteiger charge is 2.15. The van der Waals surface area contributed by atoms with Crippen molar-refractivity contribution in [2.75, 3.05) is 39.4 Å². The van der Waals surface area contributed by atoms with Gasteiger partial charge in [0.25, 0.3) is 11.6 Å². The number of morpholine rings is 1. The first-order chi connectivity index (χ1) is 14.1. The fourth-order valence-corrected chi connectivity index (χ4v) is 3.01. The van der Waals surface area contributed by atoms with Crippen molar-refractivity contribution in [1.82, 2.24) is 5.32 Å². The summed E-state index contributed by atoms with van der Waals surface area (Å²) in [7, 11) is 0. The first-order valence-electron chi connectivity index (χ1n) is 9.23. The van der Waals surface area contributed by atoms with Crippen LogP contribution in [-0.4, -0.2) is 50.2 Å². The largest absolute Gasteiger partial charge is 0.457 e. The number of carbonyl (C=O) groups is 1. The van der Waals surface area contributed by atoms with Crippen LogP contribution in [0.15, 0.2) is 46.4 Å². The Labute approximate surface area is 167 Å². The number of benzene rings is 1. The number of nitrogens with zero attached hydrogens (tertiary/aromatic N) is 2. The molecule has 0 unspecified atom stereocenters. The summed E-state index contributed by atoms with van der Waals surface area (Å²) in [6.07, 6.45) is 1.36. The lowest BCUT2D eigenvalue weighted by atomic mass is 10.1. The van der Waals surface area contributed by atoms with Gasteiger partial charge in [0.05, 0.1) is 31.2 Å². The molecule has 0 saturated carbocycles. The van der Waals surface area contributed by atoms with Gasteiger partial charge < -0.3 is 19.4 Å². The van der Waals surface area contributed by atoms with E-state index in [1.54, 1.807) is 24.3 Å². The normalized spacial score (nSPS) is 14.9. The van der Waals surface area contributed by atoms with E-state index in [-0.39, 0.29) is 11.3 Å². The smallest absolute Gasteiger partial charge is 0.270 e. The molecule has 0 radical (unpaired) electrons. The SMILES string of the molecule is N#C/C(=C/c1ccc(-c2cccc([N+](=O)[O-])c2)o1)C(=O)NCC[NH+]1CCOCC1. The second-order valence-corrected chi connectivity index (χ2v) is 6.55. The van der Waals surface area contributed by atoms with Gasteiger partial charge in [-0.05, 0) is 12.1 Å². The quantitative estimate of drug-likeness (QED) is 0.308.